The average molecular weight is 491 g/mol. The Labute approximate surface area is 189 Å². The van der Waals surface area contributed by atoms with Crippen LogP contribution in [0.3, 0.4) is 0 Å². The van der Waals surface area contributed by atoms with E-state index in [4.69, 9.17) is 27.9 Å². The predicted molar refractivity (Wildman–Crippen MR) is 113 cm³/mol. The first kappa shape index (κ1) is 23.2. The number of benzene rings is 2. The van der Waals surface area contributed by atoms with Crippen LogP contribution >= 0.6 is 35.0 Å². The molecule has 0 bridgehead atoms. The van der Waals surface area contributed by atoms with E-state index in [9.17, 15) is 18.0 Å². The topological polar surface area (TPSA) is 69.0 Å². The Balaban J connectivity index is 1.55. The van der Waals surface area contributed by atoms with Gasteiger partial charge >= 0.3 is 6.18 Å². The summed E-state index contributed by atoms with van der Waals surface area (Å²) in [4.78, 5) is 12.1. The molecule has 0 saturated heterocycles. The molecule has 164 valence electrons. The van der Waals surface area contributed by atoms with E-state index in [0.29, 0.717) is 26.7 Å². The number of anilines is 1. The monoisotopic (exact) mass is 490 g/mol. The molecule has 3 aromatic rings. The van der Waals surface area contributed by atoms with Crippen molar-refractivity contribution in [3.8, 4) is 5.75 Å². The molecule has 0 spiro atoms. The SMILES string of the molecule is Cn1c(COc2cccc(C(F)(F)F)c2)nnc1SCC(=O)Nc1ccc(Cl)c(Cl)c1. The van der Waals surface area contributed by atoms with Gasteiger partial charge in [-0.25, -0.2) is 0 Å². The minimum atomic E-state index is -4.45. The second kappa shape index (κ2) is 9.80. The summed E-state index contributed by atoms with van der Waals surface area (Å²) in [5, 5.41) is 11.8. The smallest absolute Gasteiger partial charge is 0.416 e. The predicted octanol–water partition coefficient (Wildman–Crippen LogP) is 5.45. The van der Waals surface area contributed by atoms with Crippen LogP contribution in [0.5, 0.6) is 5.75 Å². The van der Waals surface area contributed by atoms with Crippen LogP contribution in [0, 0.1) is 0 Å². The lowest BCUT2D eigenvalue weighted by Gasteiger charge is -2.10. The number of rotatable bonds is 7. The zero-order valence-electron chi connectivity index (χ0n) is 15.9. The van der Waals surface area contributed by atoms with Gasteiger partial charge in [-0.2, -0.15) is 13.2 Å². The highest BCUT2D eigenvalue weighted by molar-refractivity contribution is 7.99. The zero-order chi connectivity index (χ0) is 22.6. The third kappa shape index (κ3) is 6.28. The number of nitrogens with zero attached hydrogens (tertiary/aromatic N) is 3. The third-order valence-electron chi connectivity index (χ3n) is 3.99. The average Bonchev–Trinajstić information content (AvgIpc) is 3.07. The van der Waals surface area contributed by atoms with E-state index in [2.05, 4.69) is 15.5 Å². The van der Waals surface area contributed by atoms with Gasteiger partial charge in [-0.15, -0.1) is 10.2 Å². The molecule has 1 N–H and O–H groups in total. The molecule has 1 aromatic heterocycles. The molecule has 31 heavy (non-hydrogen) atoms. The van der Waals surface area contributed by atoms with Crippen LogP contribution in [-0.2, 0) is 24.6 Å². The molecule has 12 heteroatoms. The summed E-state index contributed by atoms with van der Waals surface area (Å²) in [5.74, 6) is 0.228. The number of carbonyl (C=O) groups is 1. The molecule has 1 heterocycles. The first-order chi connectivity index (χ1) is 14.6. The van der Waals surface area contributed by atoms with Gasteiger partial charge in [0.15, 0.2) is 11.0 Å². The van der Waals surface area contributed by atoms with Gasteiger partial charge in [0.1, 0.15) is 12.4 Å². The lowest BCUT2D eigenvalue weighted by molar-refractivity contribution is -0.137. The van der Waals surface area contributed by atoms with Gasteiger partial charge in [-0.05, 0) is 36.4 Å². The van der Waals surface area contributed by atoms with E-state index >= 15 is 0 Å². The maximum atomic E-state index is 12.8. The summed E-state index contributed by atoms with van der Waals surface area (Å²) in [5.41, 5.74) is -0.291. The summed E-state index contributed by atoms with van der Waals surface area (Å²) < 4.78 is 45.4. The maximum Gasteiger partial charge on any atom is 0.416 e. The van der Waals surface area contributed by atoms with Crippen LogP contribution in [0.25, 0.3) is 0 Å². The Bertz CT molecular complexity index is 1090. The molecule has 0 aliphatic rings. The molecule has 6 nitrogen and oxygen atoms in total. The largest absolute Gasteiger partial charge is 0.486 e. The Morgan fingerprint density at radius 1 is 1.16 bits per heavy atom. The number of halogens is 5. The number of nitrogens with one attached hydrogen (secondary N) is 1. The second-order valence-electron chi connectivity index (χ2n) is 6.24. The van der Waals surface area contributed by atoms with E-state index < -0.39 is 11.7 Å². The lowest BCUT2D eigenvalue weighted by atomic mass is 10.2. The van der Waals surface area contributed by atoms with Crippen LogP contribution in [0.1, 0.15) is 11.4 Å². The normalized spacial score (nSPS) is 11.4. The van der Waals surface area contributed by atoms with Gasteiger partial charge in [-0.1, -0.05) is 41.0 Å². The van der Waals surface area contributed by atoms with Crippen molar-refractivity contribution >= 4 is 46.6 Å². The fraction of sp³-hybridized carbons (Fsp3) is 0.211. The van der Waals surface area contributed by atoms with E-state index in [1.54, 1.807) is 23.7 Å². The van der Waals surface area contributed by atoms with Crippen molar-refractivity contribution in [3.05, 3.63) is 63.9 Å². The summed E-state index contributed by atoms with van der Waals surface area (Å²) >= 11 is 12.9. The minimum absolute atomic E-state index is 0.0563. The summed E-state index contributed by atoms with van der Waals surface area (Å²) in [7, 11) is 1.67. The first-order valence-corrected chi connectivity index (χ1v) is 10.4. The Kier molecular flexibility index (Phi) is 7.34. The molecular formula is C19H15Cl2F3N4O2S. The third-order valence-corrected chi connectivity index (χ3v) is 5.75. The fourth-order valence-electron chi connectivity index (χ4n) is 2.41. The van der Waals surface area contributed by atoms with Crippen LogP contribution < -0.4 is 10.1 Å². The van der Waals surface area contributed by atoms with Crippen molar-refractivity contribution < 1.29 is 22.7 Å². The molecule has 0 aliphatic heterocycles. The molecule has 0 saturated carbocycles. The Hall–Kier alpha value is -2.43. The van der Waals surface area contributed by atoms with Gasteiger partial charge in [0.2, 0.25) is 5.91 Å². The van der Waals surface area contributed by atoms with Crippen molar-refractivity contribution in [2.45, 2.75) is 17.9 Å². The van der Waals surface area contributed by atoms with Crippen molar-refractivity contribution in [1.29, 1.82) is 0 Å². The van der Waals surface area contributed by atoms with E-state index in [-0.39, 0.29) is 24.0 Å². The maximum absolute atomic E-state index is 12.8. The van der Waals surface area contributed by atoms with E-state index in [0.717, 1.165) is 23.9 Å². The quantitative estimate of drug-likeness (QED) is 0.446. The number of ether oxygens (including phenoxy) is 1. The molecule has 0 aliphatic carbocycles. The van der Waals surface area contributed by atoms with Crippen molar-refractivity contribution in [2.75, 3.05) is 11.1 Å². The van der Waals surface area contributed by atoms with Crippen molar-refractivity contribution in [2.24, 2.45) is 7.05 Å². The van der Waals surface area contributed by atoms with Gasteiger partial charge < -0.3 is 14.6 Å². The molecule has 0 fully saturated rings. The number of aromatic nitrogens is 3. The second-order valence-corrected chi connectivity index (χ2v) is 7.99. The Morgan fingerprint density at radius 2 is 1.94 bits per heavy atom. The van der Waals surface area contributed by atoms with Crippen LogP contribution in [-0.4, -0.2) is 26.4 Å². The highest BCUT2D eigenvalue weighted by Gasteiger charge is 2.30. The minimum Gasteiger partial charge on any atom is -0.486 e. The first-order valence-electron chi connectivity index (χ1n) is 8.69. The summed E-state index contributed by atoms with van der Waals surface area (Å²) in [6.45, 7) is -0.0825. The highest BCUT2D eigenvalue weighted by Crippen LogP contribution is 2.31. The molecule has 0 unspecified atom stereocenters. The number of alkyl halides is 3. The van der Waals surface area contributed by atoms with Crippen molar-refractivity contribution in [1.82, 2.24) is 14.8 Å². The van der Waals surface area contributed by atoms with Crippen LogP contribution in [0.2, 0.25) is 10.0 Å². The molecular weight excluding hydrogens is 476 g/mol. The molecule has 3 rings (SSSR count). The van der Waals surface area contributed by atoms with E-state index in [1.807, 2.05) is 0 Å². The number of hydrogen-bond donors (Lipinski definition) is 1. The summed E-state index contributed by atoms with van der Waals surface area (Å²) in [6, 6.07) is 9.32. The van der Waals surface area contributed by atoms with Gasteiger partial charge in [0, 0.05) is 12.7 Å². The van der Waals surface area contributed by atoms with Gasteiger partial charge in [0.25, 0.3) is 0 Å². The zero-order valence-corrected chi connectivity index (χ0v) is 18.2. The highest BCUT2D eigenvalue weighted by atomic mass is 35.5. The molecule has 2 aromatic carbocycles. The fourth-order valence-corrected chi connectivity index (χ4v) is 3.44. The number of hydrogen-bond acceptors (Lipinski definition) is 5. The molecule has 1 amide bonds. The van der Waals surface area contributed by atoms with Crippen LogP contribution in [0.15, 0.2) is 47.6 Å². The molecule has 0 radical (unpaired) electrons. The van der Waals surface area contributed by atoms with Crippen LogP contribution in [0.4, 0.5) is 18.9 Å². The van der Waals surface area contributed by atoms with Gasteiger partial charge in [0.05, 0.1) is 21.4 Å². The standard InChI is InChI=1S/C19H15Cl2F3N4O2S/c1-28-16(9-30-13-4-2-3-11(7-13)19(22,23)24)26-27-18(28)31-10-17(29)25-12-5-6-14(20)15(21)8-12/h2-8H,9-10H2,1H3,(H,25,29). The van der Waals surface area contributed by atoms with E-state index in [1.165, 1.54) is 18.2 Å². The number of carbonyl (C=O) groups excluding carboxylic acids is 1. The Morgan fingerprint density at radius 3 is 2.65 bits per heavy atom. The number of amides is 1. The lowest BCUT2D eigenvalue weighted by Crippen LogP contribution is -2.14. The molecule has 0 atom stereocenters. The van der Waals surface area contributed by atoms with Crippen molar-refractivity contribution in [3.63, 3.8) is 0 Å². The van der Waals surface area contributed by atoms with Gasteiger partial charge in [-0.3, -0.25) is 4.79 Å². The summed E-state index contributed by atoms with van der Waals surface area (Å²) in [6.07, 6.45) is -4.45. The number of thioether (sulfide) groups is 1.